The molecule has 3 amide bonds. The first-order valence-electron chi connectivity index (χ1n) is 8.31. The van der Waals surface area contributed by atoms with Crippen LogP contribution in [-0.2, 0) is 19.1 Å². The number of esters is 1. The number of ether oxygens (including phenoxy) is 3. The van der Waals surface area contributed by atoms with Crippen LogP contribution in [0.25, 0.3) is 6.08 Å². The Kier molecular flexibility index (Phi) is 7.05. The van der Waals surface area contributed by atoms with Crippen LogP contribution in [0.4, 0.5) is 4.79 Å². The highest BCUT2D eigenvalue weighted by molar-refractivity contribution is 8.18. The minimum Gasteiger partial charge on any atom is -0.490 e. The van der Waals surface area contributed by atoms with Crippen LogP contribution in [0.15, 0.2) is 23.1 Å². The molecule has 1 fully saturated rings. The average Bonchev–Trinajstić information content (AvgIpc) is 2.93. The Hall–Kier alpha value is -3.01. The van der Waals surface area contributed by atoms with Crippen molar-refractivity contribution in [1.29, 1.82) is 0 Å². The number of benzene rings is 1. The molecule has 1 atom stereocenters. The highest BCUT2D eigenvalue weighted by Gasteiger charge is 2.41. The molecule has 0 saturated carbocycles. The minimum atomic E-state index is -1.02. The number of imide groups is 1. The predicted molar refractivity (Wildman–Crippen MR) is 102 cm³/mol. The van der Waals surface area contributed by atoms with Gasteiger partial charge in [0.25, 0.3) is 17.1 Å². The topological polar surface area (TPSA) is 125 Å². The molecular formula is C18H20N2O7S. The van der Waals surface area contributed by atoms with Crippen molar-refractivity contribution in [1.82, 2.24) is 4.90 Å². The van der Waals surface area contributed by atoms with Crippen molar-refractivity contribution in [2.24, 2.45) is 5.73 Å². The van der Waals surface area contributed by atoms with Gasteiger partial charge in [-0.3, -0.25) is 19.3 Å². The summed E-state index contributed by atoms with van der Waals surface area (Å²) in [4.78, 5) is 48.3. The number of methoxy groups -OCH3 is 1. The number of nitrogens with zero attached hydrogens (tertiary/aromatic N) is 1. The van der Waals surface area contributed by atoms with Gasteiger partial charge in [0.05, 0.1) is 18.6 Å². The molecule has 10 heteroatoms. The fourth-order valence-electron chi connectivity index (χ4n) is 2.39. The van der Waals surface area contributed by atoms with E-state index in [4.69, 9.17) is 15.2 Å². The average molecular weight is 408 g/mol. The number of rotatable bonds is 8. The van der Waals surface area contributed by atoms with E-state index in [1.807, 2.05) is 0 Å². The Morgan fingerprint density at radius 3 is 2.57 bits per heavy atom. The van der Waals surface area contributed by atoms with Gasteiger partial charge >= 0.3 is 5.97 Å². The molecule has 1 aromatic rings. The van der Waals surface area contributed by atoms with Gasteiger partial charge in [0.15, 0.2) is 18.1 Å². The van der Waals surface area contributed by atoms with Gasteiger partial charge in [-0.15, -0.1) is 0 Å². The maximum atomic E-state index is 12.5. The fourth-order valence-corrected chi connectivity index (χ4v) is 3.30. The Morgan fingerprint density at radius 2 is 1.96 bits per heavy atom. The smallest absolute Gasteiger partial charge is 0.328 e. The molecule has 1 heterocycles. The van der Waals surface area contributed by atoms with E-state index < -0.39 is 29.1 Å². The Balaban J connectivity index is 2.28. The lowest BCUT2D eigenvalue weighted by Gasteiger charge is -2.18. The number of carbonyl (C=O) groups is 4. The van der Waals surface area contributed by atoms with Crippen LogP contribution in [0.3, 0.4) is 0 Å². The van der Waals surface area contributed by atoms with Crippen LogP contribution in [0.5, 0.6) is 11.5 Å². The summed E-state index contributed by atoms with van der Waals surface area (Å²) >= 11 is 0.728. The van der Waals surface area contributed by atoms with Gasteiger partial charge in [0.2, 0.25) is 0 Å². The SMILES string of the molecule is CCOc1cc(/C=C2/SC(=O)N([C@H](C)C(=O)OC)C2=O)ccc1OCC(N)=O. The first kappa shape index (κ1) is 21.3. The van der Waals surface area contributed by atoms with Gasteiger partial charge in [-0.05, 0) is 49.4 Å². The van der Waals surface area contributed by atoms with Crippen molar-refractivity contribution < 1.29 is 33.4 Å². The van der Waals surface area contributed by atoms with Crippen molar-refractivity contribution in [2.45, 2.75) is 19.9 Å². The quantitative estimate of drug-likeness (QED) is 0.507. The van der Waals surface area contributed by atoms with Gasteiger partial charge < -0.3 is 19.9 Å². The molecule has 150 valence electrons. The van der Waals surface area contributed by atoms with E-state index in [9.17, 15) is 19.2 Å². The highest BCUT2D eigenvalue weighted by atomic mass is 32.2. The number of amides is 3. The van der Waals surface area contributed by atoms with Crippen LogP contribution < -0.4 is 15.2 Å². The fraction of sp³-hybridized carbons (Fsp3) is 0.333. The number of nitrogens with two attached hydrogens (primary N) is 1. The summed E-state index contributed by atoms with van der Waals surface area (Å²) in [7, 11) is 1.19. The van der Waals surface area contributed by atoms with Gasteiger partial charge in [-0.25, -0.2) is 4.79 Å². The molecule has 1 aliphatic rings. The summed E-state index contributed by atoms with van der Waals surface area (Å²) in [6, 6.07) is 3.79. The van der Waals surface area contributed by atoms with E-state index in [0.29, 0.717) is 23.7 Å². The zero-order chi connectivity index (χ0) is 20.8. The molecule has 0 radical (unpaired) electrons. The van der Waals surface area contributed by atoms with E-state index in [-0.39, 0.29) is 11.5 Å². The summed E-state index contributed by atoms with van der Waals surface area (Å²) in [6.07, 6.45) is 1.51. The van der Waals surface area contributed by atoms with Crippen molar-refractivity contribution in [3.8, 4) is 11.5 Å². The van der Waals surface area contributed by atoms with Crippen LogP contribution in [-0.4, -0.2) is 54.3 Å². The molecule has 1 aromatic carbocycles. The molecule has 28 heavy (non-hydrogen) atoms. The van der Waals surface area contributed by atoms with Crippen LogP contribution in [0.1, 0.15) is 19.4 Å². The summed E-state index contributed by atoms with van der Waals surface area (Å²) in [5.41, 5.74) is 5.65. The molecule has 0 bridgehead atoms. The first-order chi connectivity index (χ1) is 13.3. The standard InChI is InChI=1S/C18H20N2O7S/c1-4-26-13-7-11(5-6-12(13)27-9-15(19)21)8-14-16(22)20(18(24)28-14)10(2)17(23)25-3/h5-8,10H,4,9H2,1-3H3,(H2,19,21)/b14-8+/t10-/m1/s1. The molecule has 0 aliphatic carbocycles. The number of carbonyl (C=O) groups excluding carboxylic acids is 4. The molecule has 1 aliphatic heterocycles. The second-order valence-electron chi connectivity index (χ2n) is 5.65. The second kappa shape index (κ2) is 9.27. The zero-order valence-electron chi connectivity index (χ0n) is 15.6. The number of primary amides is 1. The summed E-state index contributed by atoms with van der Waals surface area (Å²) in [6.45, 7) is 3.25. The minimum absolute atomic E-state index is 0.161. The third-order valence-corrected chi connectivity index (χ3v) is 4.57. The van der Waals surface area contributed by atoms with Crippen molar-refractivity contribution in [3.63, 3.8) is 0 Å². The summed E-state index contributed by atoms with van der Waals surface area (Å²) < 4.78 is 15.4. The number of hydrogen-bond donors (Lipinski definition) is 1. The monoisotopic (exact) mass is 408 g/mol. The van der Waals surface area contributed by atoms with Crippen molar-refractivity contribution in [2.75, 3.05) is 20.3 Å². The highest BCUT2D eigenvalue weighted by Crippen LogP contribution is 2.35. The van der Waals surface area contributed by atoms with Crippen molar-refractivity contribution in [3.05, 3.63) is 28.7 Å². The van der Waals surface area contributed by atoms with Crippen molar-refractivity contribution >= 4 is 40.9 Å². The number of thioether (sulfide) groups is 1. The lowest BCUT2D eigenvalue weighted by atomic mass is 10.1. The third kappa shape index (κ3) is 4.83. The lowest BCUT2D eigenvalue weighted by molar-refractivity contribution is -0.148. The Labute approximate surface area is 165 Å². The molecule has 0 aromatic heterocycles. The number of hydrogen-bond acceptors (Lipinski definition) is 8. The largest absolute Gasteiger partial charge is 0.490 e. The predicted octanol–water partition coefficient (Wildman–Crippen LogP) is 1.55. The molecule has 9 nitrogen and oxygen atoms in total. The molecular weight excluding hydrogens is 388 g/mol. The molecule has 0 unspecified atom stereocenters. The maximum Gasteiger partial charge on any atom is 0.328 e. The van der Waals surface area contributed by atoms with Gasteiger partial charge in [-0.2, -0.15) is 0 Å². The molecule has 1 saturated heterocycles. The molecule has 2 rings (SSSR count). The van der Waals surface area contributed by atoms with Crippen LogP contribution in [0, 0.1) is 0 Å². The zero-order valence-corrected chi connectivity index (χ0v) is 16.4. The third-order valence-electron chi connectivity index (χ3n) is 3.69. The lowest BCUT2D eigenvalue weighted by Crippen LogP contribution is -2.42. The molecule has 2 N–H and O–H groups in total. The second-order valence-corrected chi connectivity index (χ2v) is 6.64. The summed E-state index contributed by atoms with van der Waals surface area (Å²) in [5.74, 6) is -1.21. The van der Waals surface area contributed by atoms with Gasteiger partial charge in [-0.1, -0.05) is 6.07 Å². The maximum absolute atomic E-state index is 12.5. The van der Waals surface area contributed by atoms with E-state index in [2.05, 4.69) is 4.74 Å². The molecule has 0 spiro atoms. The van der Waals surface area contributed by atoms with Gasteiger partial charge in [0.1, 0.15) is 6.04 Å². The van der Waals surface area contributed by atoms with E-state index in [1.165, 1.54) is 20.1 Å². The van der Waals surface area contributed by atoms with E-state index in [0.717, 1.165) is 16.7 Å². The first-order valence-corrected chi connectivity index (χ1v) is 9.13. The van der Waals surface area contributed by atoms with E-state index >= 15 is 0 Å². The summed E-state index contributed by atoms with van der Waals surface area (Å²) in [5, 5.41) is -0.555. The van der Waals surface area contributed by atoms with Crippen LogP contribution in [0.2, 0.25) is 0 Å². The Morgan fingerprint density at radius 1 is 1.25 bits per heavy atom. The normalized spacial score (nSPS) is 16.2. The van der Waals surface area contributed by atoms with E-state index in [1.54, 1.807) is 25.1 Å². The van der Waals surface area contributed by atoms with Crippen LogP contribution >= 0.6 is 11.8 Å². The Bertz CT molecular complexity index is 837. The van der Waals surface area contributed by atoms with Gasteiger partial charge in [0, 0.05) is 0 Å².